The molecule has 1 N–H and O–H groups in total. The lowest BCUT2D eigenvalue weighted by Gasteiger charge is -2.24. The van der Waals surface area contributed by atoms with Crippen molar-refractivity contribution in [3.63, 3.8) is 0 Å². The Labute approximate surface area is 119 Å². The van der Waals surface area contributed by atoms with Crippen molar-refractivity contribution in [3.05, 3.63) is 0 Å². The minimum atomic E-state index is 0.0428. The Morgan fingerprint density at radius 1 is 1.53 bits per heavy atom. The first-order valence-corrected chi connectivity index (χ1v) is 8.23. The number of amides is 2. The summed E-state index contributed by atoms with van der Waals surface area (Å²) in [4.78, 5) is 14.0. The molecule has 5 nitrogen and oxygen atoms in total. The number of nitrogens with one attached hydrogen (secondary N) is 1. The number of carbonyl (C=O) groups is 1. The first-order valence-electron chi connectivity index (χ1n) is 7.08. The fourth-order valence-electron chi connectivity index (χ4n) is 2.22. The summed E-state index contributed by atoms with van der Waals surface area (Å²) >= 11 is 1.92. The molecule has 0 aromatic carbocycles. The van der Waals surface area contributed by atoms with Crippen molar-refractivity contribution in [2.75, 3.05) is 44.4 Å². The molecule has 110 valence electrons. The molecule has 2 aliphatic rings. The average molecular weight is 288 g/mol. The lowest BCUT2D eigenvalue weighted by molar-refractivity contribution is 0.0331. The Bertz CT molecular complexity index is 277. The van der Waals surface area contributed by atoms with E-state index in [9.17, 15) is 4.79 Å². The number of hydrogen-bond acceptors (Lipinski definition) is 4. The number of rotatable bonds is 4. The minimum Gasteiger partial charge on any atom is -0.379 e. The van der Waals surface area contributed by atoms with Crippen molar-refractivity contribution in [2.24, 2.45) is 0 Å². The molecule has 2 rings (SSSR count). The molecule has 0 aromatic rings. The highest BCUT2D eigenvalue weighted by Gasteiger charge is 2.20. The van der Waals surface area contributed by atoms with Gasteiger partial charge in [-0.05, 0) is 25.5 Å². The van der Waals surface area contributed by atoms with Crippen LogP contribution in [0.2, 0.25) is 0 Å². The third-order valence-corrected chi connectivity index (χ3v) is 4.40. The molecule has 6 heteroatoms. The molecule has 2 heterocycles. The second kappa shape index (κ2) is 7.97. The molecule has 0 radical (unpaired) electrons. The van der Waals surface area contributed by atoms with Crippen molar-refractivity contribution in [1.29, 1.82) is 0 Å². The summed E-state index contributed by atoms with van der Waals surface area (Å²) in [6.07, 6.45) is 2.25. The van der Waals surface area contributed by atoms with Crippen LogP contribution in [0.25, 0.3) is 0 Å². The van der Waals surface area contributed by atoms with Gasteiger partial charge in [0, 0.05) is 25.4 Å². The Balaban J connectivity index is 1.65. The van der Waals surface area contributed by atoms with Gasteiger partial charge < -0.3 is 19.7 Å². The van der Waals surface area contributed by atoms with Gasteiger partial charge in [-0.25, -0.2) is 4.79 Å². The first-order chi connectivity index (χ1) is 9.25. The van der Waals surface area contributed by atoms with E-state index in [-0.39, 0.29) is 18.2 Å². The van der Waals surface area contributed by atoms with E-state index in [1.54, 1.807) is 0 Å². The number of thioether (sulfide) groups is 1. The Hall–Kier alpha value is -0.460. The average Bonchev–Trinajstić information content (AvgIpc) is 2.76. The van der Waals surface area contributed by atoms with E-state index in [1.807, 2.05) is 23.6 Å². The zero-order chi connectivity index (χ0) is 13.5. The quantitative estimate of drug-likeness (QED) is 0.848. The van der Waals surface area contributed by atoms with Gasteiger partial charge in [-0.3, -0.25) is 0 Å². The van der Waals surface area contributed by atoms with Crippen LogP contribution >= 0.6 is 11.8 Å². The Morgan fingerprint density at radius 3 is 3.21 bits per heavy atom. The first kappa shape index (κ1) is 14.9. The maximum atomic E-state index is 12.1. The van der Waals surface area contributed by atoms with Crippen LogP contribution in [0.5, 0.6) is 0 Å². The maximum absolute atomic E-state index is 12.1. The summed E-state index contributed by atoms with van der Waals surface area (Å²) < 4.78 is 11.0. The van der Waals surface area contributed by atoms with Gasteiger partial charge in [0.15, 0.2) is 0 Å². The van der Waals surface area contributed by atoms with Gasteiger partial charge in [0.1, 0.15) is 0 Å². The fraction of sp³-hybridized carbons (Fsp3) is 0.923. The largest absolute Gasteiger partial charge is 0.379 e. The SMILES string of the molecule is CC(COC1CCOC1)NC(=O)N1CCCSCC1. The predicted molar refractivity (Wildman–Crippen MR) is 76.7 cm³/mol. The molecular formula is C13H24N2O3S. The standard InChI is InChI=1S/C13H24N2O3S/c1-11(9-18-12-3-6-17-10-12)14-13(16)15-4-2-7-19-8-5-15/h11-12H,2-10H2,1H3,(H,14,16). The van der Waals surface area contributed by atoms with Gasteiger partial charge in [-0.2, -0.15) is 11.8 Å². The third-order valence-electron chi connectivity index (χ3n) is 3.35. The summed E-state index contributed by atoms with van der Waals surface area (Å²) in [5.74, 6) is 2.20. The highest BCUT2D eigenvalue weighted by molar-refractivity contribution is 7.99. The Kier molecular flexibility index (Phi) is 6.26. The fourth-order valence-corrected chi connectivity index (χ4v) is 3.10. The van der Waals surface area contributed by atoms with E-state index < -0.39 is 0 Å². The third kappa shape index (κ3) is 5.20. The zero-order valence-corrected chi connectivity index (χ0v) is 12.4. The van der Waals surface area contributed by atoms with Crippen LogP contribution in [0.4, 0.5) is 4.79 Å². The highest BCUT2D eigenvalue weighted by Crippen LogP contribution is 2.11. The van der Waals surface area contributed by atoms with E-state index in [4.69, 9.17) is 9.47 Å². The summed E-state index contributed by atoms with van der Waals surface area (Å²) in [6, 6.07) is 0.0882. The molecule has 0 aromatic heterocycles. The summed E-state index contributed by atoms with van der Waals surface area (Å²) in [7, 11) is 0. The molecule has 2 fully saturated rings. The molecule has 2 aliphatic heterocycles. The smallest absolute Gasteiger partial charge is 0.317 e. The predicted octanol–water partition coefficient (Wildman–Crippen LogP) is 1.33. The van der Waals surface area contributed by atoms with Gasteiger partial charge in [0.25, 0.3) is 0 Å². The van der Waals surface area contributed by atoms with E-state index in [2.05, 4.69) is 5.32 Å². The van der Waals surface area contributed by atoms with Gasteiger partial charge in [-0.1, -0.05) is 0 Å². The van der Waals surface area contributed by atoms with Crippen LogP contribution in [0.3, 0.4) is 0 Å². The summed E-state index contributed by atoms with van der Waals surface area (Å²) in [5, 5.41) is 3.01. The molecule has 0 bridgehead atoms. The van der Waals surface area contributed by atoms with Crippen LogP contribution in [0, 0.1) is 0 Å². The Morgan fingerprint density at radius 2 is 2.42 bits per heavy atom. The van der Waals surface area contributed by atoms with Crippen molar-refractivity contribution in [2.45, 2.75) is 31.9 Å². The second-order valence-electron chi connectivity index (χ2n) is 5.12. The molecule has 19 heavy (non-hydrogen) atoms. The van der Waals surface area contributed by atoms with Crippen LogP contribution < -0.4 is 5.32 Å². The second-order valence-corrected chi connectivity index (χ2v) is 6.35. The molecule has 2 saturated heterocycles. The van der Waals surface area contributed by atoms with Crippen LogP contribution in [-0.4, -0.2) is 67.5 Å². The molecule has 0 saturated carbocycles. The zero-order valence-electron chi connectivity index (χ0n) is 11.6. The van der Waals surface area contributed by atoms with E-state index >= 15 is 0 Å². The lowest BCUT2D eigenvalue weighted by atomic mass is 10.3. The lowest BCUT2D eigenvalue weighted by Crippen LogP contribution is -2.46. The van der Waals surface area contributed by atoms with Crippen LogP contribution in [-0.2, 0) is 9.47 Å². The minimum absolute atomic E-state index is 0.0428. The topological polar surface area (TPSA) is 50.8 Å². The van der Waals surface area contributed by atoms with Gasteiger partial charge in [-0.15, -0.1) is 0 Å². The summed E-state index contributed by atoms with van der Waals surface area (Å²) in [6.45, 7) is 5.73. The van der Waals surface area contributed by atoms with E-state index in [0.717, 1.165) is 44.0 Å². The van der Waals surface area contributed by atoms with Crippen LogP contribution in [0.1, 0.15) is 19.8 Å². The monoisotopic (exact) mass is 288 g/mol. The van der Waals surface area contributed by atoms with Gasteiger partial charge in [0.05, 0.1) is 25.4 Å². The van der Waals surface area contributed by atoms with Crippen molar-refractivity contribution < 1.29 is 14.3 Å². The summed E-state index contributed by atoms with van der Waals surface area (Å²) in [5.41, 5.74) is 0. The number of nitrogens with zero attached hydrogens (tertiary/aromatic N) is 1. The van der Waals surface area contributed by atoms with Crippen molar-refractivity contribution in [1.82, 2.24) is 10.2 Å². The van der Waals surface area contributed by atoms with Crippen molar-refractivity contribution in [3.8, 4) is 0 Å². The highest BCUT2D eigenvalue weighted by atomic mass is 32.2. The van der Waals surface area contributed by atoms with Gasteiger partial charge in [0.2, 0.25) is 0 Å². The maximum Gasteiger partial charge on any atom is 0.317 e. The van der Waals surface area contributed by atoms with Gasteiger partial charge >= 0.3 is 6.03 Å². The van der Waals surface area contributed by atoms with E-state index in [0.29, 0.717) is 13.2 Å². The molecule has 0 spiro atoms. The van der Waals surface area contributed by atoms with Crippen LogP contribution in [0.15, 0.2) is 0 Å². The number of urea groups is 1. The molecule has 2 amide bonds. The molecule has 0 aliphatic carbocycles. The van der Waals surface area contributed by atoms with Crippen molar-refractivity contribution >= 4 is 17.8 Å². The number of ether oxygens (including phenoxy) is 2. The molecule has 2 atom stereocenters. The molecule has 2 unspecified atom stereocenters. The van der Waals surface area contributed by atoms with E-state index in [1.165, 1.54) is 0 Å². The normalized spacial score (nSPS) is 25.9. The molecular weight excluding hydrogens is 264 g/mol. The number of carbonyl (C=O) groups excluding carboxylic acids is 1. The number of hydrogen-bond donors (Lipinski definition) is 1.